The molecule has 2 aromatic rings. The van der Waals surface area contributed by atoms with Gasteiger partial charge in [0.05, 0.1) is 0 Å². The summed E-state index contributed by atoms with van der Waals surface area (Å²) < 4.78 is 15.0. The molecule has 0 bridgehead atoms. The third kappa shape index (κ3) is 4.30. The lowest BCUT2D eigenvalue weighted by atomic mass is 9.70. The Kier molecular flexibility index (Phi) is 6.34. The van der Waals surface area contributed by atoms with Crippen LogP contribution in [0.15, 0.2) is 12.1 Å². The van der Waals surface area contributed by atoms with Crippen LogP contribution in [0.25, 0.3) is 0 Å². The van der Waals surface area contributed by atoms with Crippen molar-refractivity contribution in [1.29, 1.82) is 0 Å². The summed E-state index contributed by atoms with van der Waals surface area (Å²) in [7, 11) is 0. The van der Waals surface area contributed by atoms with Gasteiger partial charge in [0.15, 0.2) is 0 Å². The summed E-state index contributed by atoms with van der Waals surface area (Å²) >= 11 is 0. The minimum atomic E-state index is -0.0183. The van der Waals surface area contributed by atoms with Crippen molar-refractivity contribution in [2.75, 3.05) is 0 Å². The van der Waals surface area contributed by atoms with Crippen molar-refractivity contribution in [3.8, 4) is 0 Å². The van der Waals surface area contributed by atoms with Gasteiger partial charge in [-0.05, 0) is 124 Å². The van der Waals surface area contributed by atoms with Crippen LogP contribution in [-0.4, -0.2) is 0 Å². The molecule has 2 aliphatic rings. The molecule has 0 atom stereocenters. The van der Waals surface area contributed by atoms with Crippen LogP contribution < -0.4 is 0 Å². The Morgan fingerprint density at radius 1 is 0.697 bits per heavy atom. The molecule has 0 aliphatic heterocycles. The fourth-order valence-corrected chi connectivity index (χ4v) is 6.97. The maximum absolute atomic E-state index is 15.0. The van der Waals surface area contributed by atoms with Crippen LogP contribution >= 0.6 is 0 Å². The summed E-state index contributed by atoms with van der Waals surface area (Å²) in [6, 6.07) is 4.44. The van der Waals surface area contributed by atoms with E-state index in [4.69, 9.17) is 0 Å². The van der Waals surface area contributed by atoms with Crippen molar-refractivity contribution >= 4 is 0 Å². The zero-order valence-electron chi connectivity index (χ0n) is 22.6. The van der Waals surface area contributed by atoms with Crippen LogP contribution in [0.5, 0.6) is 0 Å². The zero-order valence-corrected chi connectivity index (χ0v) is 22.6. The van der Waals surface area contributed by atoms with Crippen molar-refractivity contribution in [3.63, 3.8) is 0 Å². The van der Waals surface area contributed by atoms with Crippen molar-refractivity contribution in [3.05, 3.63) is 68.0 Å². The average molecular weight is 449 g/mol. The summed E-state index contributed by atoms with van der Waals surface area (Å²) in [5, 5.41) is 0. The number of fused-ring (bicyclic) bond motifs is 2. The molecule has 0 aromatic heterocycles. The summed E-state index contributed by atoms with van der Waals surface area (Å²) in [4.78, 5) is 0. The lowest BCUT2D eigenvalue weighted by molar-refractivity contribution is 0.501. The minimum absolute atomic E-state index is 0.0183. The first kappa shape index (κ1) is 24.5. The Bertz CT molecular complexity index is 1060. The van der Waals surface area contributed by atoms with Gasteiger partial charge in [0.2, 0.25) is 0 Å². The number of rotatable bonds is 5. The molecule has 33 heavy (non-hydrogen) atoms. The molecular weight excluding hydrogens is 403 g/mol. The van der Waals surface area contributed by atoms with E-state index in [0.29, 0.717) is 11.8 Å². The van der Waals surface area contributed by atoms with Crippen LogP contribution in [0, 0.1) is 5.82 Å². The molecule has 0 amide bonds. The zero-order chi connectivity index (χ0) is 24.3. The predicted molar refractivity (Wildman–Crippen MR) is 140 cm³/mol. The fourth-order valence-electron chi connectivity index (χ4n) is 6.97. The fraction of sp³-hybridized carbons (Fsp3) is 0.625. The summed E-state index contributed by atoms with van der Waals surface area (Å²) in [5.74, 6) is 0.886. The molecular formula is C32H45F. The van der Waals surface area contributed by atoms with Gasteiger partial charge < -0.3 is 0 Å². The summed E-state index contributed by atoms with van der Waals surface area (Å²) in [6.45, 7) is 21.1. The SMILES string of the molecule is CC(C)c1cc(CC(C)(C)c2c(C(C)C)cc(F)c3c2CCC3)c2c(c1C(C)(C)C)CCC2. The molecule has 0 saturated heterocycles. The normalized spacial score (nSPS) is 16.1. The second-order valence-corrected chi connectivity index (χ2v) is 13.1. The molecule has 0 heterocycles. The van der Waals surface area contributed by atoms with Crippen LogP contribution in [0.1, 0.15) is 137 Å². The van der Waals surface area contributed by atoms with Gasteiger partial charge >= 0.3 is 0 Å². The highest BCUT2D eigenvalue weighted by molar-refractivity contribution is 5.55. The van der Waals surface area contributed by atoms with E-state index >= 15 is 0 Å². The van der Waals surface area contributed by atoms with Crippen molar-refractivity contribution in [1.82, 2.24) is 0 Å². The number of halogens is 1. The van der Waals surface area contributed by atoms with Gasteiger partial charge in [0.1, 0.15) is 5.82 Å². The van der Waals surface area contributed by atoms with Gasteiger partial charge in [-0.2, -0.15) is 0 Å². The molecule has 0 unspecified atom stereocenters. The Morgan fingerprint density at radius 3 is 1.73 bits per heavy atom. The highest BCUT2D eigenvalue weighted by atomic mass is 19.1. The molecule has 0 radical (unpaired) electrons. The van der Waals surface area contributed by atoms with Crippen molar-refractivity contribution in [2.45, 2.75) is 130 Å². The van der Waals surface area contributed by atoms with Gasteiger partial charge in [0.25, 0.3) is 0 Å². The Labute approximate surface area is 202 Å². The molecule has 0 N–H and O–H groups in total. The average Bonchev–Trinajstić information content (AvgIpc) is 3.35. The van der Waals surface area contributed by atoms with Crippen LogP contribution in [0.4, 0.5) is 4.39 Å². The second-order valence-electron chi connectivity index (χ2n) is 13.1. The first-order valence-electron chi connectivity index (χ1n) is 13.4. The van der Waals surface area contributed by atoms with Crippen molar-refractivity contribution in [2.24, 2.45) is 0 Å². The maximum Gasteiger partial charge on any atom is 0.126 e. The summed E-state index contributed by atoms with van der Waals surface area (Å²) in [5.41, 5.74) is 13.1. The molecule has 2 aromatic carbocycles. The lowest BCUT2D eigenvalue weighted by Crippen LogP contribution is -2.27. The van der Waals surface area contributed by atoms with Crippen molar-refractivity contribution < 1.29 is 4.39 Å². The van der Waals surface area contributed by atoms with E-state index in [9.17, 15) is 4.39 Å². The van der Waals surface area contributed by atoms with E-state index in [0.717, 1.165) is 31.2 Å². The van der Waals surface area contributed by atoms with E-state index in [1.54, 1.807) is 27.8 Å². The first-order valence-corrected chi connectivity index (χ1v) is 13.4. The standard InChI is InChI=1S/C32H45F/c1-19(2)26-16-21(22-12-10-14-24(22)29(26)31(5,6)7)18-32(8,9)30-25-15-11-13-23(25)28(33)17-27(30)20(3)4/h16-17,19-20H,10-15,18H2,1-9H3. The largest absolute Gasteiger partial charge is 0.207 e. The van der Waals surface area contributed by atoms with E-state index < -0.39 is 0 Å². The first-order chi connectivity index (χ1) is 15.3. The number of hydrogen-bond donors (Lipinski definition) is 0. The third-order valence-electron chi connectivity index (χ3n) is 8.21. The van der Waals surface area contributed by atoms with E-state index in [-0.39, 0.29) is 16.6 Å². The maximum atomic E-state index is 15.0. The molecule has 0 fully saturated rings. The molecule has 0 spiro atoms. The Balaban J connectivity index is 1.88. The van der Waals surface area contributed by atoms with E-state index in [1.165, 1.54) is 36.0 Å². The lowest BCUT2D eigenvalue weighted by Gasteiger charge is -2.35. The van der Waals surface area contributed by atoms with Crippen LogP contribution in [0.3, 0.4) is 0 Å². The quantitative estimate of drug-likeness (QED) is 0.428. The highest BCUT2D eigenvalue weighted by Crippen LogP contribution is 2.45. The highest BCUT2D eigenvalue weighted by Gasteiger charge is 2.35. The Hall–Kier alpha value is -1.63. The smallest absolute Gasteiger partial charge is 0.126 e. The van der Waals surface area contributed by atoms with Gasteiger partial charge in [-0.1, -0.05) is 68.4 Å². The number of benzene rings is 2. The number of hydrogen-bond acceptors (Lipinski definition) is 0. The second kappa shape index (κ2) is 8.54. The van der Waals surface area contributed by atoms with E-state index in [1.807, 2.05) is 6.07 Å². The Morgan fingerprint density at radius 2 is 1.18 bits per heavy atom. The minimum Gasteiger partial charge on any atom is -0.207 e. The topological polar surface area (TPSA) is 0 Å². The molecule has 2 aliphatic carbocycles. The van der Waals surface area contributed by atoms with Crippen LogP contribution in [0.2, 0.25) is 0 Å². The molecule has 0 saturated carbocycles. The van der Waals surface area contributed by atoms with Crippen LogP contribution in [-0.2, 0) is 42.9 Å². The monoisotopic (exact) mass is 448 g/mol. The van der Waals surface area contributed by atoms with Gasteiger partial charge in [-0.25, -0.2) is 4.39 Å². The molecule has 1 heteroatoms. The van der Waals surface area contributed by atoms with Gasteiger partial charge in [0, 0.05) is 0 Å². The van der Waals surface area contributed by atoms with E-state index in [2.05, 4.69) is 68.4 Å². The molecule has 180 valence electrons. The summed E-state index contributed by atoms with van der Waals surface area (Å²) in [6.07, 6.45) is 7.76. The van der Waals surface area contributed by atoms with Gasteiger partial charge in [-0.15, -0.1) is 0 Å². The molecule has 0 nitrogen and oxygen atoms in total. The third-order valence-corrected chi connectivity index (χ3v) is 8.21. The predicted octanol–water partition coefficient (Wildman–Crippen LogP) is 8.87. The van der Waals surface area contributed by atoms with Gasteiger partial charge in [-0.3, -0.25) is 0 Å². The molecule has 4 rings (SSSR count).